The summed E-state index contributed by atoms with van der Waals surface area (Å²) in [6.07, 6.45) is 0. The lowest BCUT2D eigenvalue weighted by Crippen LogP contribution is -2.72. The summed E-state index contributed by atoms with van der Waals surface area (Å²) in [4.78, 5) is 2.52. The van der Waals surface area contributed by atoms with Crippen molar-refractivity contribution in [1.82, 2.24) is 4.57 Å². The molecule has 14 rings (SSSR count). The van der Waals surface area contributed by atoms with Gasteiger partial charge >= 0.3 is 0 Å². The smallest absolute Gasteiger partial charge is 0.180 e. The molecule has 0 unspecified atom stereocenters. The number of hydrogen-bond donors (Lipinski definition) is 0. The Balaban J connectivity index is 1.03. The molecule has 3 heteroatoms. The summed E-state index contributed by atoms with van der Waals surface area (Å²) in [5.41, 5.74) is 17.9. The zero-order chi connectivity index (χ0) is 47.1. The number of aromatic nitrogens is 1. The van der Waals surface area contributed by atoms with Crippen LogP contribution in [0.5, 0.6) is 0 Å². The van der Waals surface area contributed by atoms with Crippen LogP contribution in [-0.4, -0.2) is 12.6 Å². The first-order valence-electron chi connectivity index (χ1n) is 24.8. The minimum Gasteiger partial charge on any atom is -0.310 e. The molecule has 0 N–H and O–H groups in total. The molecule has 11 aromatic carbocycles. The van der Waals surface area contributed by atoms with Crippen LogP contribution in [0.15, 0.2) is 273 Å². The number of aryl methyl sites for hydroxylation is 1. The van der Waals surface area contributed by atoms with Crippen molar-refractivity contribution in [2.24, 2.45) is 0 Å². The zero-order valence-electron chi connectivity index (χ0n) is 39.4. The van der Waals surface area contributed by atoms with E-state index in [1.807, 2.05) is 0 Å². The summed E-state index contributed by atoms with van der Waals surface area (Å²) in [6, 6.07) is 103. The van der Waals surface area contributed by atoms with E-state index in [2.05, 4.69) is 289 Å². The van der Waals surface area contributed by atoms with Gasteiger partial charge in [-0.2, -0.15) is 0 Å². The Labute approximate surface area is 416 Å². The molecule has 0 amide bonds. The molecule has 12 aromatic rings. The molecule has 0 bridgehead atoms. The molecular weight excluding hydrogens is 873 g/mol. The normalized spacial score (nSPS) is 13.6. The number of para-hydroxylation sites is 2. The topological polar surface area (TPSA) is 8.17 Å². The summed E-state index contributed by atoms with van der Waals surface area (Å²) < 4.78 is 2.41. The largest absolute Gasteiger partial charge is 0.310 e. The second-order valence-corrected chi connectivity index (χ2v) is 23.0. The van der Waals surface area contributed by atoms with Gasteiger partial charge in [-0.25, -0.2) is 0 Å². The second-order valence-electron chi connectivity index (χ2n) is 19.2. The SMILES string of the molecule is Cc1cc(N(c2ccc(-n3c4ccccc4c4ccccc43)cc2)c2ccc3c(c2)C(c2ccccc2)(c2ccccc2)c2ccccc2-3)cc([Si]2(c3ccccc3)c3ccccc3-c3ccccc32)c1. The van der Waals surface area contributed by atoms with Crippen LogP contribution in [0.4, 0.5) is 17.1 Å². The Bertz CT molecular complexity index is 3870. The maximum absolute atomic E-state index is 2.83. The molecule has 0 spiro atoms. The quantitative estimate of drug-likeness (QED) is 0.138. The van der Waals surface area contributed by atoms with Crippen molar-refractivity contribution in [3.8, 4) is 27.9 Å². The summed E-state index contributed by atoms with van der Waals surface area (Å²) in [7, 11) is -2.83. The van der Waals surface area contributed by atoms with E-state index in [0.717, 1.165) is 22.7 Å². The Kier molecular flexibility index (Phi) is 9.39. The molecule has 0 saturated heterocycles. The predicted molar refractivity (Wildman–Crippen MR) is 300 cm³/mol. The van der Waals surface area contributed by atoms with Gasteiger partial charge < -0.3 is 9.47 Å². The van der Waals surface area contributed by atoms with E-state index in [-0.39, 0.29) is 0 Å². The highest BCUT2D eigenvalue weighted by Crippen LogP contribution is 2.57. The molecule has 2 heterocycles. The summed E-state index contributed by atoms with van der Waals surface area (Å²) >= 11 is 0. The van der Waals surface area contributed by atoms with Crippen molar-refractivity contribution in [2.75, 3.05) is 4.90 Å². The van der Waals surface area contributed by atoms with E-state index >= 15 is 0 Å². The van der Waals surface area contributed by atoms with Gasteiger partial charge in [-0.15, -0.1) is 0 Å². The van der Waals surface area contributed by atoms with E-state index in [1.54, 1.807) is 0 Å². The molecule has 0 radical (unpaired) electrons. The average Bonchev–Trinajstić information content (AvgIpc) is 4.05. The van der Waals surface area contributed by atoms with Gasteiger partial charge in [0.25, 0.3) is 0 Å². The van der Waals surface area contributed by atoms with Crippen molar-refractivity contribution >= 4 is 67.7 Å². The van der Waals surface area contributed by atoms with Crippen LogP contribution in [0.1, 0.15) is 27.8 Å². The number of benzene rings is 11. The van der Waals surface area contributed by atoms with Gasteiger partial charge in [0.05, 0.1) is 16.4 Å². The van der Waals surface area contributed by atoms with Gasteiger partial charge in [0, 0.05) is 33.5 Å². The molecule has 1 aliphatic carbocycles. The molecule has 2 aliphatic rings. The first-order chi connectivity index (χ1) is 35.1. The number of rotatable bonds is 8. The van der Waals surface area contributed by atoms with Gasteiger partial charge in [0.15, 0.2) is 8.07 Å². The highest BCUT2D eigenvalue weighted by atomic mass is 28.3. The van der Waals surface area contributed by atoms with Crippen LogP contribution in [-0.2, 0) is 5.41 Å². The highest BCUT2D eigenvalue weighted by molar-refractivity contribution is 7.22. The molecule has 2 nitrogen and oxygen atoms in total. The number of nitrogens with zero attached hydrogens (tertiary/aromatic N) is 2. The standard InChI is InChI=1S/C68H48N2Si/c1-47-43-53(45-55(44-47)71(54-25-9-4-10-26-54)66-35-19-14-30-60(66)61-31-15-20-36-67(61)71)69(50-37-39-51(40-38-50)70-64-33-17-12-28-58(64)59-29-13-18-34-65(59)70)52-41-42-57-56-27-11-16-32-62(56)68(63(57)46-52,48-21-5-2-6-22-48)49-23-7-3-8-24-49/h2-46H,1H3. The monoisotopic (exact) mass is 920 g/mol. The fourth-order valence-corrected chi connectivity index (χ4v) is 18.1. The summed E-state index contributed by atoms with van der Waals surface area (Å²) in [6.45, 7) is 2.28. The minimum atomic E-state index is -2.83. The maximum atomic E-state index is 2.54. The van der Waals surface area contributed by atoms with Gasteiger partial charge in [-0.05, 0) is 138 Å². The molecule has 1 aliphatic heterocycles. The molecule has 0 atom stereocenters. The third-order valence-electron chi connectivity index (χ3n) is 15.6. The number of fused-ring (bicyclic) bond motifs is 9. The van der Waals surface area contributed by atoms with Gasteiger partial charge in [-0.1, -0.05) is 212 Å². The average molecular weight is 921 g/mol. The van der Waals surface area contributed by atoms with Crippen molar-refractivity contribution in [1.29, 1.82) is 0 Å². The van der Waals surface area contributed by atoms with Crippen LogP contribution in [0.25, 0.3) is 49.7 Å². The molecule has 0 fully saturated rings. The second kappa shape index (κ2) is 16.2. The Morgan fingerprint density at radius 1 is 0.352 bits per heavy atom. The number of hydrogen-bond acceptors (Lipinski definition) is 1. The van der Waals surface area contributed by atoms with Crippen molar-refractivity contribution in [3.05, 3.63) is 301 Å². The molecule has 71 heavy (non-hydrogen) atoms. The van der Waals surface area contributed by atoms with Gasteiger partial charge in [0.2, 0.25) is 0 Å². The molecule has 0 saturated carbocycles. The third kappa shape index (κ3) is 6.00. The number of anilines is 3. The Hall–Kier alpha value is -8.76. The summed E-state index contributed by atoms with van der Waals surface area (Å²) in [5.74, 6) is 0. The maximum Gasteiger partial charge on any atom is 0.180 e. The lowest BCUT2D eigenvalue weighted by molar-refractivity contribution is 0.768. The predicted octanol–water partition coefficient (Wildman–Crippen LogP) is 14.3. The van der Waals surface area contributed by atoms with Crippen molar-refractivity contribution in [3.63, 3.8) is 0 Å². The van der Waals surface area contributed by atoms with Gasteiger partial charge in [0.1, 0.15) is 0 Å². The Morgan fingerprint density at radius 2 is 0.845 bits per heavy atom. The fraction of sp³-hybridized carbons (Fsp3) is 0.0294. The third-order valence-corrected chi connectivity index (χ3v) is 20.4. The van der Waals surface area contributed by atoms with Crippen LogP contribution < -0.4 is 25.6 Å². The lowest BCUT2D eigenvalue weighted by atomic mass is 9.67. The fourth-order valence-electron chi connectivity index (χ4n) is 12.8. The molecular formula is C68H48N2Si. The van der Waals surface area contributed by atoms with Crippen LogP contribution in [0, 0.1) is 6.92 Å². The first-order valence-corrected chi connectivity index (χ1v) is 26.8. The molecule has 334 valence electrons. The Morgan fingerprint density at radius 3 is 1.46 bits per heavy atom. The van der Waals surface area contributed by atoms with E-state index in [1.165, 1.54) is 92.6 Å². The summed E-state index contributed by atoms with van der Waals surface area (Å²) in [5, 5.41) is 8.16. The lowest BCUT2D eigenvalue weighted by Gasteiger charge is -2.35. The first kappa shape index (κ1) is 41.2. The van der Waals surface area contributed by atoms with Gasteiger partial charge in [-0.3, -0.25) is 0 Å². The van der Waals surface area contributed by atoms with E-state index in [4.69, 9.17) is 0 Å². The van der Waals surface area contributed by atoms with Crippen LogP contribution >= 0.6 is 0 Å². The van der Waals surface area contributed by atoms with E-state index < -0.39 is 13.5 Å². The van der Waals surface area contributed by atoms with Crippen molar-refractivity contribution < 1.29 is 0 Å². The van der Waals surface area contributed by atoms with E-state index in [0.29, 0.717) is 0 Å². The van der Waals surface area contributed by atoms with E-state index in [9.17, 15) is 0 Å². The highest BCUT2D eigenvalue weighted by Gasteiger charge is 2.49. The van der Waals surface area contributed by atoms with Crippen LogP contribution in [0.2, 0.25) is 0 Å². The molecule has 1 aromatic heterocycles. The minimum absolute atomic E-state index is 0.546. The zero-order valence-corrected chi connectivity index (χ0v) is 40.4. The van der Waals surface area contributed by atoms with Crippen molar-refractivity contribution in [2.45, 2.75) is 12.3 Å². The van der Waals surface area contributed by atoms with Crippen LogP contribution in [0.3, 0.4) is 0 Å².